The van der Waals surface area contributed by atoms with Crippen LogP contribution < -0.4 is 10.6 Å². The second-order valence-corrected chi connectivity index (χ2v) is 4.50. The third-order valence-electron chi connectivity index (χ3n) is 3.14. The fraction of sp³-hybridized carbons (Fsp3) is 0.500. The van der Waals surface area contributed by atoms with Gasteiger partial charge < -0.3 is 15.7 Å². The summed E-state index contributed by atoms with van der Waals surface area (Å²) in [6.45, 7) is -0.00311. The molecule has 1 aliphatic heterocycles. The normalized spacial score (nSPS) is 21.9. The van der Waals surface area contributed by atoms with Gasteiger partial charge in [0.15, 0.2) is 5.69 Å². The van der Waals surface area contributed by atoms with E-state index in [0.29, 0.717) is 13.0 Å². The predicted octanol–water partition coefficient (Wildman–Crippen LogP) is 0.762. The van der Waals surface area contributed by atoms with E-state index in [1.54, 1.807) is 0 Å². The van der Waals surface area contributed by atoms with Gasteiger partial charge in [-0.3, -0.25) is 4.79 Å². The molecule has 0 aromatic carbocycles. The Kier molecular flexibility index (Phi) is 3.94. The monoisotopic (exact) mass is 271 g/mol. The van der Waals surface area contributed by atoms with Crippen molar-refractivity contribution in [3.05, 3.63) is 24.0 Å². The largest absolute Gasteiger partial charge is 0.505 e. The number of aromatic nitrogens is 1. The summed E-state index contributed by atoms with van der Waals surface area (Å²) in [7, 11) is 0. The number of rotatable bonds is 3. The molecule has 0 spiro atoms. The topological polar surface area (TPSA) is 74.2 Å². The molecule has 104 valence electrons. The lowest BCUT2D eigenvalue weighted by Gasteiger charge is -2.31. The van der Waals surface area contributed by atoms with Gasteiger partial charge in [-0.25, -0.2) is 13.8 Å². The van der Waals surface area contributed by atoms with E-state index in [1.807, 2.05) is 0 Å². The van der Waals surface area contributed by atoms with Crippen molar-refractivity contribution in [1.29, 1.82) is 0 Å². The summed E-state index contributed by atoms with van der Waals surface area (Å²) in [5, 5.41) is 14.5. The molecule has 0 radical (unpaired) electrons. The fourth-order valence-corrected chi connectivity index (χ4v) is 2.01. The Morgan fingerprint density at radius 1 is 1.63 bits per heavy atom. The van der Waals surface area contributed by atoms with E-state index >= 15 is 0 Å². The minimum atomic E-state index is -2.84. The Bertz CT molecular complexity index is 468. The van der Waals surface area contributed by atoms with Crippen LogP contribution in [0.25, 0.3) is 0 Å². The zero-order valence-electron chi connectivity index (χ0n) is 10.2. The Balaban J connectivity index is 1.95. The Labute approximate surface area is 109 Å². The van der Waals surface area contributed by atoms with Crippen molar-refractivity contribution < 1.29 is 18.7 Å². The van der Waals surface area contributed by atoms with Crippen LogP contribution in [0.2, 0.25) is 0 Å². The summed E-state index contributed by atoms with van der Waals surface area (Å²) >= 11 is 0. The molecule has 1 aromatic heterocycles. The standard InChI is InChI=1S/C12H15F2N3O2/c13-12(14)7-15-5-3-8(12)6-17-11(19)10-9(18)2-1-4-16-10/h1-2,4,8,15,18H,3,5-7H2,(H,17,19). The molecule has 0 saturated carbocycles. The van der Waals surface area contributed by atoms with Crippen LogP contribution >= 0.6 is 0 Å². The molecule has 0 bridgehead atoms. The molecular formula is C12H15F2N3O2. The van der Waals surface area contributed by atoms with Gasteiger partial charge in [0, 0.05) is 18.7 Å². The van der Waals surface area contributed by atoms with Gasteiger partial charge in [0.1, 0.15) is 5.75 Å². The first kappa shape index (κ1) is 13.7. The molecule has 2 rings (SSSR count). The van der Waals surface area contributed by atoms with E-state index in [4.69, 9.17) is 0 Å². The van der Waals surface area contributed by atoms with E-state index in [0.717, 1.165) is 0 Å². The molecule has 1 saturated heterocycles. The maximum atomic E-state index is 13.5. The van der Waals surface area contributed by atoms with Crippen molar-refractivity contribution in [1.82, 2.24) is 15.6 Å². The van der Waals surface area contributed by atoms with Crippen molar-refractivity contribution in [2.45, 2.75) is 12.3 Å². The van der Waals surface area contributed by atoms with Crippen molar-refractivity contribution in [2.24, 2.45) is 5.92 Å². The molecule has 1 aromatic rings. The molecule has 0 aliphatic carbocycles. The Morgan fingerprint density at radius 3 is 3.11 bits per heavy atom. The van der Waals surface area contributed by atoms with E-state index in [-0.39, 0.29) is 24.5 Å². The lowest BCUT2D eigenvalue weighted by atomic mass is 9.94. The number of alkyl halides is 2. The molecule has 2 heterocycles. The average molecular weight is 271 g/mol. The Hall–Kier alpha value is -1.76. The minimum absolute atomic E-state index is 0.135. The van der Waals surface area contributed by atoms with Crippen LogP contribution in [-0.2, 0) is 0 Å². The number of carbonyl (C=O) groups excluding carboxylic acids is 1. The first-order chi connectivity index (χ1) is 9.00. The highest BCUT2D eigenvalue weighted by molar-refractivity contribution is 5.94. The van der Waals surface area contributed by atoms with Crippen LogP contribution in [0.5, 0.6) is 5.75 Å². The molecule has 1 aliphatic rings. The fourth-order valence-electron chi connectivity index (χ4n) is 2.01. The SMILES string of the molecule is O=C(NCC1CCNCC1(F)F)c1ncccc1O. The summed E-state index contributed by atoms with van der Waals surface area (Å²) in [4.78, 5) is 15.4. The Morgan fingerprint density at radius 2 is 2.42 bits per heavy atom. The molecule has 1 unspecified atom stereocenters. The molecule has 1 amide bonds. The van der Waals surface area contributed by atoms with Crippen LogP contribution in [0.15, 0.2) is 18.3 Å². The molecule has 7 heteroatoms. The number of piperidine rings is 1. The first-order valence-electron chi connectivity index (χ1n) is 6.01. The second kappa shape index (κ2) is 5.48. The second-order valence-electron chi connectivity index (χ2n) is 4.50. The molecule has 3 N–H and O–H groups in total. The highest BCUT2D eigenvalue weighted by atomic mass is 19.3. The summed E-state index contributed by atoms with van der Waals surface area (Å²) in [5.74, 6) is -4.65. The maximum absolute atomic E-state index is 13.5. The van der Waals surface area contributed by atoms with E-state index in [1.165, 1.54) is 18.3 Å². The lowest BCUT2D eigenvalue weighted by Crippen LogP contribution is -2.50. The molecule has 1 atom stereocenters. The van der Waals surface area contributed by atoms with Crippen molar-refractivity contribution in [2.75, 3.05) is 19.6 Å². The zero-order valence-corrected chi connectivity index (χ0v) is 10.2. The number of hydrogen-bond donors (Lipinski definition) is 3. The third-order valence-corrected chi connectivity index (χ3v) is 3.14. The first-order valence-corrected chi connectivity index (χ1v) is 6.01. The predicted molar refractivity (Wildman–Crippen MR) is 64.2 cm³/mol. The third kappa shape index (κ3) is 3.17. The molecule has 19 heavy (non-hydrogen) atoms. The summed E-state index contributed by atoms with van der Waals surface area (Å²) < 4.78 is 27.0. The molecular weight excluding hydrogens is 256 g/mol. The van der Waals surface area contributed by atoms with Crippen LogP contribution in [0.3, 0.4) is 0 Å². The van der Waals surface area contributed by atoms with Gasteiger partial charge >= 0.3 is 0 Å². The van der Waals surface area contributed by atoms with Crippen LogP contribution in [0, 0.1) is 5.92 Å². The minimum Gasteiger partial charge on any atom is -0.505 e. The van der Waals surface area contributed by atoms with Crippen LogP contribution in [-0.4, -0.2) is 41.6 Å². The quantitative estimate of drug-likeness (QED) is 0.759. The number of amides is 1. The number of halogens is 2. The van der Waals surface area contributed by atoms with Gasteiger partial charge in [0.25, 0.3) is 11.8 Å². The van der Waals surface area contributed by atoms with Crippen LogP contribution in [0.4, 0.5) is 8.78 Å². The number of nitrogens with one attached hydrogen (secondary N) is 2. The van der Waals surface area contributed by atoms with Gasteiger partial charge in [-0.1, -0.05) is 0 Å². The number of carbonyl (C=O) groups is 1. The van der Waals surface area contributed by atoms with Gasteiger partial charge in [-0.15, -0.1) is 0 Å². The zero-order chi connectivity index (χ0) is 13.9. The smallest absolute Gasteiger partial charge is 0.273 e. The van der Waals surface area contributed by atoms with Gasteiger partial charge in [-0.05, 0) is 25.1 Å². The van der Waals surface area contributed by atoms with E-state index < -0.39 is 17.7 Å². The maximum Gasteiger partial charge on any atom is 0.273 e. The summed E-state index contributed by atoms with van der Waals surface area (Å²) in [6, 6.07) is 2.80. The number of pyridine rings is 1. The molecule has 1 fully saturated rings. The summed E-state index contributed by atoms with van der Waals surface area (Å²) in [6.07, 6.45) is 1.65. The van der Waals surface area contributed by atoms with Crippen molar-refractivity contribution >= 4 is 5.91 Å². The van der Waals surface area contributed by atoms with Gasteiger partial charge in [0.05, 0.1) is 6.54 Å². The summed E-state index contributed by atoms with van der Waals surface area (Å²) in [5.41, 5.74) is -0.153. The average Bonchev–Trinajstić information content (AvgIpc) is 2.37. The number of nitrogens with zero attached hydrogens (tertiary/aromatic N) is 1. The van der Waals surface area contributed by atoms with Gasteiger partial charge in [-0.2, -0.15) is 0 Å². The number of aromatic hydroxyl groups is 1. The van der Waals surface area contributed by atoms with Crippen LogP contribution in [0.1, 0.15) is 16.9 Å². The van der Waals surface area contributed by atoms with Crippen molar-refractivity contribution in [3.8, 4) is 5.75 Å². The van der Waals surface area contributed by atoms with E-state index in [2.05, 4.69) is 15.6 Å². The number of hydrogen-bond acceptors (Lipinski definition) is 4. The highest BCUT2D eigenvalue weighted by Gasteiger charge is 2.41. The highest BCUT2D eigenvalue weighted by Crippen LogP contribution is 2.28. The molecule has 5 nitrogen and oxygen atoms in total. The van der Waals surface area contributed by atoms with Gasteiger partial charge in [0.2, 0.25) is 0 Å². The lowest BCUT2D eigenvalue weighted by molar-refractivity contribution is -0.0712. The van der Waals surface area contributed by atoms with E-state index in [9.17, 15) is 18.7 Å². The van der Waals surface area contributed by atoms with Crippen molar-refractivity contribution in [3.63, 3.8) is 0 Å².